The molecule has 0 saturated heterocycles. The second-order valence-corrected chi connectivity index (χ2v) is 6.67. The molecule has 0 atom stereocenters. The quantitative estimate of drug-likeness (QED) is 0.374. The number of rotatable bonds is 2. The lowest BCUT2D eigenvalue weighted by Gasteiger charge is -2.12. The fourth-order valence-electron chi connectivity index (χ4n) is 4.10. The van der Waals surface area contributed by atoms with E-state index in [1.165, 1.54) is 44.9 Å². The van der Waals surface area contributed by atoms with Crippen molar-refractivity contribution in [1.82, 2.24) is 4.57 Å². The zero-order valence-electron chi connectivity index (χ0n) is 14.2. The molecule has 0 bridgehead atoms. The molecule has 1 aromatic heterocycles. The molecule has 2 heterocycles. The predicted octanol–water partition coefficient (Wildman–Crippen LogP) is 6.02. The van der Waals surface area contributed by atoms with Gasteiger partial charge in [-0.3, -0.25) is 0 Å². The van der Waals surface area contributed by atoms with Crippen molar-refractivity contribution in [2.24, 2.45) is 0 Å². The highest BCUT2D eigenvalue weighted by Gasteiger charge is 2.28. The SMILES string of the molecule is Cc1c(-c2ccccc2)c(-c2ccccc2)n2c1Cc1ccccc1-2. The Hall–Kier alpha value is -3.06. The van der Waals surface area contributed by atoms with Crippen molar-refractivity contribution in [3.63, 3.8) is 0 Å². The summed E-state index contributed by atoms with van der Waals surface area (Å²) in [5.41, 5.74) is 10.8. The van der Waals surface area contributed by atoms with E-state index in [2.05, 4.69) is 96.4 Å². The molecule has 5 rings (SSSR count). The van der Waals surface area contributed by atoms with E-state index in [9.17, 15) is 0 Å². The third kappa shape index (κ3) is 2.09. The zero-order valence-corrected chi connectivity index (χ0v) is 14.2. The monoisotopic (exact) mass is 321 g/mol. The number of fused-ring (bicyclic) bond motifs is 3. The predicted molar refractivity (Wildman–Crippen MR) is 104 cm³/mol. The summed E-state index contributed by atoms with van der Waals surface area (Å²) >= 11 is 0. The van der Waals surface area contributed by atoms with Gasteiger partial charge in [0, 0.05) is 23.4 Å². The average molecular weight is 321 g/mol. The van der Waals surface area contributed by atoms with E-state index in [0.717, 1.165) is 6.42 Å². The summed E-state index contributed by atoms with van der Waals surface area (Å²) in [4.78, 5) is 0. The fourth-order valence-corrected chi connectivity index (χ4v) is 4.10. The van der Waals surface area contributed by atoms with Gasteiger partial charge in [-0.25, -0.2) is 0 Å². The molecule has 0 spiro atoms. The zero-order chi connectivity index (χ0) is 16.8. The molecule has 3 aromatic carbocycles. The first-order valence-corrected chi connectivity index (χ1v) is 8.78. The van der Waals surface area contributed by atoms with E-state index >= 15 is 0 Å². The molecule has 0 radical (unpaired) electrons. The first kappa shape index (κ1) is 14.3. The minimum absolute atomic E-state index is 1.01. The smallest absolute Gasteiger partial charge is 0.0612 e. The molecule has 0 N–H and O–H groups in total. The summed E-state index contributed by atoms with van der Waals surface area (Å²) in [5.74, 6) is 0. The maximum absolute atomic E-state index is 2.47. The summed E-state index contributed by atoms with van der Waals surface area (Å²) in [6.07, 6.45) is 1.01. The largest absolute Gasteiger partial charge is 0.312 e. The van der Waals surface area contributed by atoms with E-state index < -0.39 is 0 Å². The Balaban J connectivity index is 1.89. The van der Waals surface area contributed by atoms with Crippen molar-refractivity contribution < 1.29 is 0 Å². The molecule has 0 aliphatic carbocycles. The number of nitrogens with zero attached hydrogens (tertiary/aromatic N) is 1. The van der Waals surface area contributed by atoms with Gasteiger partial charge < -0.3 is 4.57 Å². The number of benzene rings is 3. The van der Waals surface area contributed by atoms with Crippen LogP contribution in [0.15, 0.2) is 84.9 Å². The van der Waals surface area contributed by atoms with Gasteiger partial charge in [-0.05, 0) is 35.2 Å². The number of hydrogen-bond acceptors (Lipinski definition) is 0. The van der Waals surface area contributed by atoms with E-state index in [1.807, 2.05) is 0 Å². The normalized spacial score (nSPS) is 12.0. The van der Waals surface area contributed by atoms with Crippen molar-refractivity contribution >= 4 is 0 Å². The lowest BCUT2D eigenvalue weighted by atomic mass is 9.96. The van der Waals surface area contributed by atoms with Crippen LogP contribution in [-0.4, -0.2) is 4.57 Å². The van der Waals surface area contributed by atoms with Crippen LogP contribution in [0.5, 0.6) is 0 Å². The van der Waals surface area contributed by atoms with Crippen LogP contribution in [0.1, 0.15) is 16.8 Å². The highest BCUT2D eigenvalue weighted by Crippen LogP contribution is 2.44. The van der Waals surface area contributed by atoms with Crippen LogP contribution >= 0.6 is 0 Å². The Labute approximate surface area is 148 Å². The van der Waals surface area contributed by atoms with Crippen LogP contribution in [0.25, 0.3) is 28.1 Å². The van der Waals surface area contributed by atoms with Gasteiger partial charge in [-0.2, -0.15) is 0 Å². The van der Waals surface area contributed by atoms with Gasteiger partial charge in [0.25, 0.3) is 0 Å². The van der Waals surface area contributed by atoms with Crippen LogP contribution < -0.4 is 0 Å². The summed E-state index contributed by atoms with van der Waals surface area (Å²) in [5, 5.41) is 0. The molecule has 25 heavy (non-hydrogen) atoms. The maximum atomic E-state index is 2.47. The minimum Gasteiger partial charge on any atom is -0.312 e. The lowest BCUT2D eigenvalue weighted by molar-refractivity contribution is 1.04. The molecule has 0 fully saturated rings. The van der Waals surface area contributed by atoms with Crippen LogP contribution in [-0.2, 0) is 6.42 Å². The van der Waals surface area contributed by atoms with Crippen molar-refractivity contribution in [2.45, 2.75) is 13.3 Å². The van der Waals surface area contributed by atoms with E-state index in [1.54, 1.807) is 0 Å². The van der Waals surface area contributed by atoms with Gasteiger partial charge >= 0.3 is 0 Å². The van der Waals surface area contributed by atoms with E-state index in [-0.39, 0.29) is 0 Å². The molecular formula is C24H19N. The Morgan fingerprint density at radius 2 is 1.28 bits per heavy atom. The lowest BCUT2D eigenvalue weighted by Crippen LogP contribution is -1.96. The van der Waals surface area contributed by atoms with Crippen molar-refractivity contribution in [3.8, 4) is 28.1 Å². The molecular weight excluding hydrogens is 302 g/mol. The first-order valence-electron chi connectivity index (χ1n) is 8.78. The van der Waals surface area contributed by atoms with Crippen LogP contribution in [0.2, 0.25) is 0 Å². The molecule has 1 aliphatic rings. The van der Waals surface area contributed by atoms with E-state index in [0.29, 0.717) is 0 Å². The third-order valence-electron chi connectivity index (χ3n) is 5.24. The van der Waals surface area contributed by atoms with Gasteiger partial charge in [0.1, 0.15) is 0 Å². The van der Waals surface area contributed by atoms with Crippen molar-refractivity contribution in [1.29, 1.82) is 0 Å². The Bertz CT molecular complexity index is 1050. The van der Waals surface area contributed by atoms with Crippen LogP contribution in [0.4, 0.5) is 0 Å². The number of hydrogen-bond donors (Lipinski definition) is 0. The molecule has 0 unspecified atom stereocenters. The average Bonchev–Trinajstić information content (AvgIpc) is 3.18. The molecule has 0 amide bonds. The molecule has 0 saturated carbocycles. The summed E-state index contributed by atoms with van der Waals surface area (Å²) < 4.78 is 2.47. The number of aromatic nitrogens is 1. The van der Waals surface area contributed by atoms with Crippen LogP contribution in [0.3, 0.4) is 0 Å². The molecule has 4 aromatic rings. The highest BCUT2D eigenvalue weighted by molar-refractivity contribution is 5.88. The second-order valence-electron chi connectivity index (χ2n) is 6.67. The second kappa shape index (κ2) is 5.49. The topological polar surface area (TPSA) is 4.93 Å². The van der Waals surface area contributed by atoms with Crippen molar-refractivity contribution in [2.75, 3.05) is 0 Å². The highest BCUT2D eigenvalue weighted by atomic mass is 15.0. The molecule has 1 heteroatoms. The van der Waals surface area contributed by atoms with Gasteiger partial charge in [0.2, 0.25) is 0 Å². The van der Waals surface area contributed by atoms with E-state index in [4.69, 9.17) is 0 Å². The van der Waals surface area contributed by atoms with Gasteiger partial charge in [-0.15, -0.1) is 0 Å². The molecule has 1 aliphatic heterocycles. The Morgan fingerprint density at radius 3 is 2.00 bits per heavy atom. The maximum Gasteiger partial charge on any atom is 0.0612 e. The fraction of sp³-hybridized carbons (Fsp3) is 0.0833. The summed E-state index contributed by atoms with van der Waals surface area (Å²) in [7, 11) is 0. The molecule has 1 nitrogen and oxygen atoms in total. The third-order valence-corrected chi connectivity index (χ3v) is 5.24. The summed E-state index contributed by atoms with van der Waals surface area (Å²) in [6, 6.07) is 30.3. The minimum atomic E-state index is 1.01. The van der Waals surface area contributed by atoms with Gasteiger partial charge in [0.05, 0.1) is 5.69 Å². The summed E-state index contributed by atoms with van der Waals surface area (Å²) in [6.45, 7) is 2.27. The molecule has 120 valence electrons. The van der Waals surface area contributed by atoms with Crippen LogP contribution in [0, 0.1) is 6.92 Å². The first-order chi connectivity index (χ1) is 12.3. The van der Waals surface area contributed by atoms with Gasteiger partial charge in [-0.1, -0.05) is 78.9 Å². The Kier molecular flexibility index (Phi) is 3.14. The standard InChI is InChI=1S/C24H19N/c1-17-22-16-20-14-8-9-15-21(20)25(22)24(19-12-6-3-7-13-19)23(17)18-10-4-2-5-11-18/h2-15H,16H2,1H3. The van der Waals surface area contributed by atoms with Gasteiger partial charge in [0.15, 0.2) is 0 Å². The number of para-hydroxylation sites is 1. The van der Waals surface area contributed by atoms with Crippen molar-refractivity contribution in [3.05, 3.63) is 102 Å². The Morgan fingerprint density at radius 1 is 0.680 bits per heavy atom.